The second-order valence-corrected chi connectivity index (χ2v) is 4.58. The molecule has 0 saturated heterocycles. The first kappa shape index (κ1) is 17.1. The molecule has 0 aromatic heterocycles. The fourth-order valence-electron chi connectivity index (χ4n) is 1.85. The van der Waals surface area contributed by atoms with Crippen LogP contribution in [0.25, 0.3) is 0 Å². The Hall–Kier alpha value is -0.920. The SMILES string of the molecule is COCCCCCOC1=C(C)C(F)(F)C(F)(F)C1(F)F. The minimum Gasteiger partial charge on any atom is -0.491 e. The molecule has 8 heteroatoms. The number of halogens is 6. The van der Waals surface area contributed by atoms with Gasteiger partial charge in [0, 0.05) is 19.3 Å². The van der Waals surface area contributed by atoms with Crippen LogP contribution in [0.4, 0.5) is 26.3 Å². The number of ether oxygens (including phenoxy) is 2. The second kappa shape index (κ2) is 5.83. The van der Waals surface area contributed by atoms with Crippen LogP contribution in [-0.4, -0.2) is 38.1 Å². The van der Waals surface area contributed by atoms with Gasteiger partial charge < -0.3 is 9.47 Å². The molecule has 1 aliphatic rings. The molecular formula is C12H16F6O2. The number of allylic oxidation sites excluding steroid dienone is 2. The Balaban J connectivity index is 2.67. The van der Waals surface area contributed by atoms with Gasteiger partial charge >= 0.3 is 17.8 Å². The maximum atomic E-state index is 13.3. The Morgan fingerprint density at radius 1 is 0.850 bits per heavy atom. The summed E-state index contributed by atoms with van der Waals surface area (Å²) in [5.41, 5.74) is -1.41. The minimum atomic E-state index is -5.46. The first-order valence-corrected chi connectivity index (χ1v) is 6.07. The van der Waals surface area contributed by atoms with E-state index in [9.17, 15) is 26.3 Å². The van der Waals surface area contributed by atoms with Crippen LogP contribution in [0.3, 0.4) is 0 Å². The smallest absolute Gasteiger partial charge is 0.383 e. The summed E-state index contributed by atoms with van der Waals surface area (Å²) in [5, 5.41) is 0. The molecule has 0 saturated carbocycles. The van der Waals surface area contributed by atoms with Crippen molar-refractivity contribution in [2.45, 2.75) is 44.0 Å². The lowest BCUT2D eigenvalue weighted by Crippen LogP contribution is -2.49. The fraction of sp³-hybridized carbons (Fsp3) is 0.833. The highest BCUT2D eigenvalue weighted by Gasteiger charge is 2.80. The van der Waals surface area contributed by atoms with Gasteiger partial charge in [-0.3, -0.25) is 0 Å². The number of unbranched alkanes of at least 4 members (excludes halogenated alkanes) is 2. The van der Waals surface area contributed by atoms with E-state index in [1.54, 1.807) is 0 Å². The minimum absolute atomic E-state index is 0.285. The van der Waals surface area contributed by atoms with Crippen LogP contribution < -0.4 is 0 Å². The average Bonchev–Trinajstić information content (AvgIpc) is 2.43. The summed E-state index contributed by atoms with van der Waals surface area (Å²) < 4.78 is 88.3. The Bertz CT molecular complexity index is 378. The van der Waals surface area contributed by atoms with Crippen molar-refractivity contribution in [1.82, 2.24) is 0 Å². The number of methoxy groups -OCH3 is 1. The van der Waals surface area contributed by atoms with Crippen molar-refractivity contribution >= 4 is 0 Å². The van der Waals surface area contributed by atoms with Crippen molar-refractivity contribution in [1.29, 1.82) is 0 Å². The molecule has 2 nitrogen and oxygen atoms in total. The summed E-state index contributed by atoms with van der Waals surface area (Å²) in [5.74, 6) is -17.0. The largest absolute Gasteiger partial charge is 0.491 e. The van der Waals surface area contributed by atoms with Crippen LogP contribution in [0.5, 0.6) is 0 Å². The molecule has 20 heavy (non-hydrogen) atoms. The third-order valence-corrected chi connectivity index (χ3v) is 3.12. The van der Waals surface area contributed by atoms with E-state index in [-0.39, 0.29) is 13.0 Å². The average molecular weight is 306 g/mol. The quantitative estimate of drug-likeness (QED) is 0.522. The summed E-state index contributed by atoms with van der Waals surface area (Å²) >= 11 is 0. The maximum absolute atomic E-state index is 13.3. The molecular weight excluding hydrogens is 290 g/mol. The first-order valence-electron chi connectivity index (χ1n) is 6.07. The van der Waals surface area contributed by atoms with Crippen molar-refractivity contribution in [3.8, 4) is 0 Å². The monoisotopic (exact) mass is 306 g/mol. The predicted octanol–water partition coefficient (Wildman–Crippen LogP) is 4.01. The standard InChI is InChI=1S/C12H16F6O2/c1-8-9(20-7-5-3-4-6-19-2)11(15,16)12(17,18)10(8,13)14/h3-7H2,1-2H3. The van der Waals surface area contributed by atoms with E-state index < -0.39 is 29.1 Å². The first-order chi connectivity index (χ1) is 9.10. The van der Waals surface area contributed by atoms with E-state index >= 15 is 0 Å². The van der Waals surface area contributed by atoms with Gasteiger partial charge in [0.2, 0.25) is 0 Å². The molecule has 0 amide bonds. The van der Waals surface area contributed by atoms with E-state index in [4.69, 9.17) is 4.74 Å². The van der Waals surface area contributed by atoms with E-state index in [1.807, 2.05) is 0 Å². The molecule has 0 N–H and O–H groups in total. The zero-order chi connectivity index (χ0) is 15.6. The van der Waals surface area contributed by atoms with Crippen LogP contribution >= 0.6 is 0 Å². The van der Waals surface area contributed by atoms with Crippen LogP contribution in [0.15, 0.2) is 11.3 Å². The number of rotatable bonds is 7. The molecule has 0 heterocycles. The van der Waals surface area contributed by atoms with E-state index in [2.05, 4.69) is 4.74 Å². The highest BCUT2D eigenvalue weighted by Crippen LogP contribution is 2.59. The third kappa shape index (κ3) is 2.62. The van der Waals surface area contributed by atoms with Gasteiger partial charge in [-0.1, -0.05) is 0 Å². The summed E-state index contributed by atoms with van der Waals surface area (Å²) in [6, 6.07) is 0. The van der Waals surface area contributed by atoms with Gasteiger partial charge in [0.25, 0.3) is 0 Å². The van der Waals surface area contributed by atoms with Crippen molar-refractivity contribution in [3.05, 3.63) is 11.3 Å². The summed E-state index contributed by atoms with van der Waals surface area (Å²) in [4.78, 5) is 0. The Kier molecular flexibility index (Phi) is 4.99. The van der Waals surface area contributed by atoms with Crippen LogP contribution in [0.1, 0.15) is 26.2 Å². The Morgan fingerprint density at radius 2 is 1.40 bits per heavy atom. The maximum Gasteiger partial charge on any atom is 0.383 e. The number of hydrogen-bond acceptors (Lipinski definition) is 2. The lowest BCUT2D eigenvalue weighted by molar-refractivity contribution is -0.271. The van der Waals surface area contributed by atoms with Gasteiger partial charge in [-0.15, -0.1) is 0 Å². The second-order valence-electron chi connectivity index (χ2n) is 4.58. The normalized spacial score (nSPS) is 23.2. The predicted molar refractivity (Wildman–Crippen MR) is 59.2 cm³/mol. The van der Waals surface area contributed by atoms with Crippen molar-refractivity contribution in [2.24, 2.45) is 0 Å². The number of hydrogen-bond donors (Lipinski definition) is 0. The Morgan fingerprint density at radius 3 is 1.85 bits per heavy atom. The molecule has 0 spiro atoms. The van der Waals surface area contributed by atoms with Gasteiger partial charge in [0.05, 0.1) is 6.61 Å². The van der Waals surface area contributed by atoms with Gasteiger partial charge in [-0.25, -0.2) is 0 Å². The zero-order valence-electron chi connectivity index (χ0n) is 11.1. The molecule has 0 radical (unpaired) electrons. The molecule has 0 aromatic carbocycles. The summed E-state index contributed by atoms with van der Waals surface area (Å²) in [6.07, 6.45) is 1.48. The third-order valence-electron chi connectivity index (χ3n) is 3.12. The molecule has 0 unspecified atom stereocenters. The van der Waals surface area contributed by atoms with Gasteiger partial charge in [-0.2, -0.15) is 26.3 Å². The van der Waals surface area contributed by atoms with Crippen LogP contribution in [0, 0.1) is 0 Å². The van der Waals surface area contributed by atoms with E-state index in [1.165, 1.54) is 7.11 Å². The molecule has 0 aliphatic heterocycles. The van der Waals surface area contributed by atoms with E-state index in [0.717, 1.165) is 0 Å². The lowest BCUT2D eigenvalue weighted by Gasteiger charge is -2.24. The van der Waals surface area contributed by atoms with Crippen molar-refractivity contribution < 1.29 is 35.8 Å². The number of alkyl halides is 6. The van der Waals surface area contributed by atoms with Crippen LogP contribution in [0.2, 0.25) is 0 Å². The van der Waals surface area contributed by atoms with Gasteiger partial charge in [0.15, 0.2) is 5.76 Å². The summed E-state index contributed by atoms with van der Waals surface area (Å²) in [7, 11) is 1.49. The van der Waals surface area contributed by atoms with Crippen LogP contribution in [-0.2, 0) is 9.47 Å². The Labute approximate surface area is 112 Å². The van der Waals surface area contributed by atoms with Crippen molar-refractivity contribution in [3.63, 3.8) is 0 Å². The fourth-order valence-corrected chi connectivity index (χ4v) is 1.85. The molecule has 1 aliphatic carbocycles. The molecule has 0 fully saturated rings. The highest BCUT2D eigenvalue weighted by atomic mass is 19.3. The highest BCUT2D eigenvalue weighted by molar-refractivity contribution is 5.36. The lowest BCUT2D eigenvalue weighted by atomic mass is 10.1. The molecule has 0 bridgehead atoms. The zero-order valence-corrected chi connectivity index (χ0v) is 11.1. The topological polar surface area (TPSA) is 18.5 Å². The van der Waals surface area contributed by atoms with Crippen molar-refractivity contribution in [2.75, 3.05) is 20.3 Å². The van der Waals surface area contributed by atoms with Gasteiger partial charge in [-0.05, 0) is 26.2 Å². The molecule has 0 atom stereocenters. The summed E-state index contributed by atoms with van der Waals surface area (Å²) in [6.45, 7) is 0.682. The molecule has 0 aromatic rings. The van der Waals surface area contributed by atoms with Gasteiger partial charge in [0.1, 0.15) is 0 Å². The van der Waals surface area contributed by atoms with E-state index in [0.29, 0.717) is 26.4 Å². The molecule has 118 valence electrons. The molecule has 1 rings (SSSR count).